The largest absolute Gasteiger partial charge is 0.384 e. The highest BCUT2D eigenvalue weighted by Gasteiger charge is 2.35. The number of rotatable bonds is 4. The van der Waals surface area contributed by atoms with Gasteiger partial charge in [-0.05, 0) is 24.0 Å². The number of benzene rings is 1. The minimum atomic E-state index is 0.266. The summed E-state index contributed by atoms with van der Waals surface area (Å²) >= 11 is 0. The topological polar surface area (TPSA) is 35.2 Å². The van der Waals surface area contributed by atoms with E-state index in [2.05, 4.69) is 24.3 Å². The summed E-state index contributed by atoms with van der Waals surface area (Å²) < 4.78 is 5.42. The molecule has 1 aromatic rings. The van der Waals surface area contributed by atoms with E-state index in [0.29, 0.717) is 6.54 Å². The second-order valence-electron chi connectivity index (χ2n) is 4.82. The SMILES string of the molecule is COCC1(c2ccc(CN)cc2)CCCC1. The second-order valence-corrected chi connectivity index (χ2v) is 4.82. The fraction of sp³-hybridized carbons (Fsp3) is 0.571. The van der Waals surface area contributed by atoms with E-state index in [9.17, 15) is 0 Å². The Labute approximate surface area is 97.8 Å². The maximum absolute atomic E-state index is 5.62. The fourth-order valence-electron chi connectivity index (χ4n) is 2.84. The van der Waals surface area contributed by atoms with Crippen molar-refractivity contribution >= 4 is 0 Å². The molecule has 0 amide bonds. The second kappa shape index (κ2) is 4.98. The molecule has 2 rings (SSSR count). The summed E-state index contributed by atoms with van der Waals surface area (Å²) in [5, 5.41) is 0. The van der Waals surface area contributed by atoms with Gasteiger partial charge in [-0.1, -0.05) is 37.1 Å². The molecule has 0 radical (unpaired) electrons. The molecule has 1 aliphatic carbocycles. The first kappa shape index (κ1) is 11.6. The van der Waals surface area contributed by atoms with E-state index in [-0.39, 0.29) is 5.41 Å². The van der Waals surface area contributed by atoms with Crippen LogP contribution in [0.2, 0.25) is 0 Å². The van der Waals surface area contributed by atoms with Crippen LogP contribution in [0.4, 0.5) is 0 Å². The fourth-order valence-corrected chi connectivity index (χ4v) is 2.84. The van der Waals surface area contributed by atoms with Gasteiger partial charge in [-0.15, -0.1) is 0 Å². The Balaban J connectivity index is 2.24. The summed E-state index contributed by atoms with van der Waals surface area (Å²) in [4.78, 5) is 0. The number of ether oxygens (including phenoxy) is 1. The van der Waals surface area contributed by atoms with E-state index in [1.54, 1.807) is 7.11 Å². The first-order chi connectivity index (χ1) is 7.80. The molecule has 0 atom stereocenters. The van der Waals surface area contributed by atoms with Gasteiger partial charge in [-0.25, -0.2) is 0 Å². The molecule has 0 spiro atoms. The zero-order valence-electron chi connectivity index (χ0n) is 10.0. The van der Waals surface area contributed by atoms with Crippen LogP contribution in [0.1, 0.15) is 36.8 Å². The molecule has 1 saturated carbocycles. The first-order valence-corrected chi connectivity index (χ1v) is 6.09. The minimum absolute atomic E-state index is 0.266. The van der Waals surface area contributed by atoms with Crippen LogP contribution in [0, 0.1) is 0 Å². The number of hydrogen-bond acceptors (Lipinski definition) is 2. The van der Waals surface area contributed by atoms with Crippen molar-refractivity contribution in [3.63, 3.8) is 0 Å². The highest BCUT2D eigenvalue weighted by Crippen LogP contribution is 2.41. The molecule has 2 nitrogen and oxygen atoms in total. The van der Waals surface area contributed by atoms with Gasteiger partial charge in [-0.3, -0.25) is 0 Å². The van der Waals surface area contributed by atoms with E-state index in [4.69, 9.17) is 10.5 Å². The molecule has 1 fully saturated rings. The lowest BCUT2D eigenvalue weighted by Gasteiger charge is -2.28. The van der Waals surface area contributed by atoms with Gasteiger partial charge in [0.05, 0.1) is 6.61 Å². The number of methoxy groups -OCH3 is 1. The molecule has 1 aliphatic rings. The Hall–Kier alpha value is -0.860. The summed E-state index contributed by atoms with van der Waals surface area (Å²) in [5.41, 5.74) is 8.51. The molecule has 0 aromatic heterocycles. The van der Waals surface area contributed by atoms with Gasteiger partial charge in [0, 0.05) is 19.1 Å². The van der Waals surface area contributed by atoms with Crippen LogP contribution >= 0.6 is 0 Å². The summed E-state index contributed by atoms with van der Waals surface area (Å²) in [6, 6.07) is 8.75. The van der Waals surface area contributed by atoms with Crippen molar-refractivity contribution in [3.8, 4) is 0 Å². The Morgan fingerprint density at radius 1 is 1.19 bits per heavy atom. The van der Waals surface area contributed by atoms with Crippen LogP contribution in [-0.4, -0.2) is 13.7 Å². The van der Waals surface area contributed by atoms with Crippen LogP contribution in [0.5, 0.6) is 0 Å². The van der Waals surface area contributed by atoms with Crippen LogP contribution in [0.15, 0.2) is 24.3 Å². The van der Waals surface area contributed by atoms with Gasteiger partial charge >= 0.3 is 0 Å². The molecule has 88 valence electrons. The molecule has 1 aromatic carbocycles. The quantitative estimate of drug-likeness (QED) is 0.844. The van der Waals surface area contributed by atoms with E-state index in [1.165, 1.54) is 36.8 Å². The van der Waals surface area contributed by atoms with E-state index < -0.39 is 0 Å². The lowest BCUT2D eigenvalue weighted by molar-refractivity contribution is 0.131. The average molecular weight is 219 g/mol. The van der Waals surface area contributed by atoms with Crippen LogP contribution in [0.3, 0.4) is 0 Å². The van der Waals surface area contributed by atoms with Crippen molar-refractivity contribution in [1.29, 1.82) is 0 Å². The number of hydrogen-bond donors (Lipinski definition) is 1. The van der Waals surface area contributed by atoms with Gasteiger partial charge in [-0.2, -0.15) is 0 Å². The lowest BCUT2D eigenvalue weighted by atomic mass is 9.79. The summed E-state index contributed by atoms with van der Waals surface area (Å²) in [6.45, 7) is 1.46. The molecule has 0 bridgehead atoms. The predicted octanol–water partition coefficient (Wildman–Crippen LogP) is 2.60. The van der Waals surface area contributed by atoms with Crippen molar-refractivity contribution in [3.05, 3.63) is 35.4 Å². The summed E-state index contributed by atoms with van der Waals surface area (Å²) in [5.74, 6) is 0. The van der Waals surface area contributed by atoms with E-state index in [1.807, 2.05) is 0 Å². The van der Waals surface area contributed by atoms with Crippen molar-refractivity contribution < 1.29 is 4.74 Å². The van der Waals surface area contributed by atoms with Crippen molar-refractivity contribution in [2.75, 3.05) is 13.7 Å². The van der Waals surface area contributed by atoms with Gasteiger partial charge in [0.2, 0.25) is 0 Å². The number of nitrogens with two attached hydrogens (primary N) is 1. The lowest BCUT2D eigenvalue weighted by Crippen LogP contribution is -2.27. The van der Waals surface area contributed by atoms with Gasteiger partial charge in [0.1, 0.15) is 0 Å². The zero-order valence-corrected chi connectivity index (χ0v) is 10.0. The van der Waals surface area contributed by atoms with Crippen LogP contribution in [-0.2, 0) is 16.7 Å². The Kier molecular flexibility index (Phi) is 3.62. The highest BCUT2D eigenvalue weighted by atomic mass is 16.5. The molecule has 16 heavy (non-hydrogen) atoms. The monoisotopic (exact) mass is 219 g/mol. The Morgan fingerprint density at radius 2 is 1.81 bits per heavy atom. The van der Waals surface area contributed by atoms with Crippen LogP contribution < -0.4 is 5.73 Å². The molecule has 0 heterocycles. The predicted molar refractivity (Wildman–Crippen MR) is 66.4 cm³/mol. The smallest absolute Gasteiger partial charge is 0.0559 e. The van der Waals surface area contributed by atoms with Crippen molar-refractivity contribution in [2.45, 2.75) is 37.6 Å². The Morgan fingerprint density at radius 3 is 2.31 bits per heavy atom. The molecule has 2 heteroatoms. The summed E-state index contributed by atoms with van der Waals surface area (Å²) in [6.07, 6.45) is 5.15. The van der Waals surface area contributed by atoms with Gasteiger partial charge in [0.15, 0.2) is 0 Å². The molecule has 2 N–H and O–H groups in total. The third-order valence-corrected chi connectivity index (χ3v) is 3.78. The third-order valence-electron chi connectivity index (χ3n) is 3.78. The molecule has 0 aliphatic heterocycles. The Bertz CT molecular complexity index is 325. The third kappa shape index (κ3) is 2.13. The van der Waals surface area contributed by atoms with E-state index >= 15 is 0 Å². The maximum Gasteiger partial charge on any atom is 0.0559 e. The molecule has 0 saturated heterocycles. The standard InChI is InChI=1S/C14H21NO/c1-16-11-14(8-2-3-9-14)13-6-4-12(10-15)5-7-13/h4-7H,2-3,8-11,15H2,1H3. The summed E-state index contributed by atoms with van der Waals surface area (Å²) in [7, 11) is 1.80. The van der Waals surface area contributed by atoms with E-state index in [0.717, 1.165) is 6.61 Å². The van der Waals surface area contributed by atoms with Crippen LogP contribution in [0.25, 0.3) is 0 Å². The average Bonchev–Trinajstić information content (AvgIpc) is 2.80. The van der Waals surface area contributed by atoms with Crippen molar-refractivity contribution in [2.24, 2.45) is 5.73 Å². The maximum atomic E-state index is 5.62. The molecular weight excluding hydrogens is 198 g/mol. The van der Waals surface area contributed by atoms with Gasteiger partial charge < -0.3 is 10.5 Å². The first-order valence-electron chi connectivity index (χ1n) is 6.09. The minimum Gasteiger partial charge on any atom is -0.384 e. The molecule has 0 unspecified atom stereocenters. The molecular formula is C14H21NO. The normalized spacial score (nSPS) is 18.9. The highest BCUT2D eigenvalue weighted by molar-refractivity contribution is 5.30. The zero-order chi connectivity index (χ0) is 11.4. The van der Waals surface area contributed by atoms with Gasteiger partial charge in [0.25, 0.3) is 0 Å². The van der Waals surface area contributed by atoms with Crippen molar-refractivity contribution in [1.82, 2.24) is 0 Å².